The average Bonchev–Trinajstić information content (AvgIpc) is 2.57. The van der Waals surface area contributed by atoms with E-state index in [4.69, 9.17) is 4.43 Å². The molecule has 0 aromatic heterocycles. The van der Waals surface area contributed by atoms with Crippen molar-refractivity contribution in [3.63, 3.8) is 0 Å². The molecule has 18 heavy (non-hydrogen) atoms. The van der Waals surface area contributed by atoms with Crippen molar-refractivity contribution in [1.82, 2.24) is 0 Å². The van der Waals surface area contributed by atoms with E-state index >= 15 is 0 Å². The Bertz CT molecular complexity index is 475. The summed E-state index contributed by atoms with van der Waals surface area (Å²) < 4.78 is 5.65. The molecule has 0 radical (unpaired) electrons. The van der Waals surface area contributed by atoms with Gasteiger partial charge >= 0.3 is 5.97 Å². The molecule has 0 fully saturated rings. The molecule has 0 amide bonds. The Labute approximate surface area is 110 Å². The zero-order valence-corrected chi connectivity index (χ0v) is 12.3. The van der Waals surface area contributed by atoms with Crippen LogP contribution in [0.25, 0.3) is 5.57 Å². The second-order valence-electron chi connectivity index (χ2n) is 5.22. The minimum absolute atomic E-state index is 0.121. The number of unbranched alkanes of at least 4 members (excludes halogenated alkanes) is 1. The molecular weight excluding hydrogens is 240 g/mol. The predicted molar refractivity (Wildman–Crippen MR) is 76.5 cm³/mol. The van der Waals surface area contributed by atoms with Gasteiger partial charge in [0.1, 0.15) is 0 Å². The second-order valence-corrected chi connectivity index (χ2v) is 9.05. The zero-order chi connectivity index (χ0) is 13.2. The highest BCUT2D eigenvalue weighted by molar-refractivity contribution is 6.84. The van der Waals surface area contributed by atoms with Gasteiger partial charge in [-0.1, -0.05) is 50.1 Å². The van der Waals surface area contributed by atoms with Gasteiger partial charge in [0, 0.05) is 0 Å². The SMILES string of the molecule is CCCCC1=C(c2ccccc2)C(=O)O[Si]1(C)C. The van der Waals surface area contributed by atoms with Crippen molar-refractivity contribution in [1.29, 1.82) is 0 Å². The first-order valence-electron chi connectivity index (χ1n) is 6.58. The normalized spacial score (nSPS) is 18.1. The van der Waals surface area contributed by atoms with Gasteiger partial charge in [-0.3, -0.25) is 0 Å². The second kappa shape index (κ2) is 5.10. The highest BCUT2D eigenvalue weighted by Crippen LogP contribution is 2.37. The smallest absolute Gasteiger partial charge is 0.325 e. The lowest BCUT2D eigenvalue weighted by Gasteiger charge is -2.17. The molecule has 1 aromatic carbocycles. The number of hydrogen-bond acceptors (Lipinski definition) is 2. The summed E-state index contributed by atoms with van der Waals surface area (Å²) in [5, 5.41) is 1.28. The van der Waals surface area contributed by atoms with Crippen LogP contribution >= 0.6 is 0 Å². The number of allylic oxidation sites excluding steroid dienone is 1. The van der Waals surface area contributed by atoms with Gasteiger partial charge in [0.15, 0.2) is 0 Å². The maximum atomic E-state index is 12.1. The molecule has 1 aromatic rings. The summed E-state index contributed by atoms with van der Waals surface area (Å²) in [6.45, 7) is 6.41. The topological polar surface area (TPSA) is 26.3 Å². The summed E-state index contributed by atoms with van der Waals surface area (Å²) >= 11 is 0. The van der Waals surface area contributed by atoms with E-state index in [0.717, 1.165) is 30.4 Å². The fourth-order valence-electron chi connectivity index (χ4n) is 2.45. The van der Waals surface area contributed by atoms with Crippen LogP contribution in [0, 0.1) is 0 Å². The monoisotopic (exact) mass is 260 g/mol. The number of rotatable bonds is 4. The van der Waals surface area contributed by atoms with Gasteiger partial charge in [-0.2, -0.15) is 0 Å². The maximum Gasteiger partial charge on any atom is 0.325 e. The Kier molecular flexibility index (Phi) is 3.71. The van der Waals surface area contributed by atoms with Crippen molar-refractivity contribution >= 4 is 19.9 Å². The number of hydrogen-bond donors (Lipinski definition) is 0. The molecular formula is C15H20O2Si. The molecule has 0 unspecified atom stereocenters. The molecule has 3 heteroatoms. The van der Waals surface area contributed by atoms with E-state index in [9.17, 15) is 4.79 Å². The molecule has 2 nitrogen and oxygen atoms in total. The molecule has 96 valence electrons. The van der Waals surface area contributed by atoms with Crippen LogP contribution in [0.4, 0.5) is 0 Å². The van der Waals surface area contributed by atoms with E-state index in [0.29, 0.717) is 0 Å². The Morgan fingerprint density at radius 3 is 2.44 bits per heavy atom. The van der Waals surface area contributed by atoms with E-state index in [1.165, 1.54) is 5.20 Å². The molecule has 0 spiro atoms. The summed E-state index contributed by atoms with van der Waals surface area (Å²) in [4.78, 5) is 12.1. The average molecular weight is 260 g/mol. The van der Waals surface area contributed by atoms with Gasteiger partial charge in [0.25, 0.3) is 8.32 Å². The summed E-state index contributed by atoms with van der Waals surface area (Å²) in [5.41, 5.74) is 1.84. The van der Waals surface area contributed by atoms with Gasteiger partial charge in [0.05, 0.1) is 5.57 Å². The third-order valence-corrected chi connectivity index (χ3v) is 6.07. The Balaban J connectivity index is 2.46. The molecule has 0 bridgehead atoms. The van der Waals surface area contributed by atoms with Crippen molar-refractivity contribution in [2.75, 3.05) is 0 Å². The van der Waals surface area contributed by atoms with E-state index < -0.39 is 8.32 Å². The predicted octanol–water partition coefficient (Wildman–Crippen LogP) is 3.93. The highest BCUT2D eigenvalue weighted by Gasteiger charge is 2.42. The fraction of sp³-hybridized carbons (Fsp3) is 0.400. The summed E-state index contributed by atoms with van der Waals surface area (Å²) in [6.07, 6.45) is 3.26. The van der Waals surface area contributed by atoms with Gasteiger partial charge in [0.2, 0.25) is 0 Å². The van der Waals surface area contributed by atoms with Crippen molar-refractivity contribution in [3.8, 4) is 0 Å². The van der Waals surface area contributed by atoms with Crippen LogP contribution < -0.4 is 0 Å². The molecule has 0 saturated heterocycles. The first-order chi connectivity index (χ1) is 8.56. The van der Waals surface area contributed by atoms with E-state index in [1.807, 2.05) is 30.3 Å². The zero-order valence-electron chi connectivity index (χ0n) is 11.3. The van der Waals surface area contributed by atoms with Crippen LogP contribution in [0.2, 0.25) is 13.1 Å². The molecule has 0 N–H and O–H groups in total. The van der Waals surface area contributed by atoms with Crippen molar-refractivity contribution in [3.05, 3.63) is 41.1 Å². The third-order valence-electron chi connectivity index (χ3n) is 3.42. The van der Waals surface area contributed by atoms with Crippen LogP contribution in [0.5, 0.6) is 0 Å². The fourth-order valence-corrected chi connectivity index (χ4v) is 4.76. The first-order valence-corrected chi connectivity index (χ1v) is 9.49. The number of carbonyl (C=O) groups is 1. The van der Waals surface area contributed by atoms with Gasteiger partial charge < -0.3 is 4.43 Å². The van der Waals surface area contributed by atoms with Crippen LogP contribution in [-0.4, -0.2) is 14.3 Å². The minimum Gasteiger partial charge on any atom is -0.512 e. The molecule has 0 atom stereocenters. The lowest BCUT2D eigenvalue weighted by atomic mass is 10.0. The summed E-state index contributed by atoms with van der Waals surface area (Å²) in [7, 11) is -1.99. The van der Waals surface area contributed by atoms with Crippen LogP contribution in [0.15, 0.2) is 35.5 Å². The first kappa shape index (κ1) is 13.1. The van der Waals surface area contributed by atoms with Gasteiger partial charge in [-0.05, 0) is 30.3 Å². The molecule has 1 aliphatic rings. The standard InChI is InChI=1S/C15H20O2Si/c1-4-5-11-13-14(12-9-7-6-8-10-12)15(16)17-18(13,2)3/h6-10H,4-5,11H2,1-3H3. The van der Waals surface area contributed by atoms with Crippen molar-refractivity contribution in [2.45, 2.75) is 39.3 Å². The third kappa shape index (κ3) is 2.41. The van der Waals surface area contributed by atoms with Crippen LogP contribution in [0.3, 0.4) is 0 Å². The lowest BCUT2D eigenvalue weighted by molar-refractivity contribution is -0.127. The number of carbonyl (C=O) groups excluding carboxylic acids is 1. The Hall–Kier alpha value is -1.35. The molecule has 1 heterocycles. The van der Waals surface area contributed by atoms with E-state index in [1.54, 1.807) is 0 Å². The van der Waals surface area contributed by atoms with Gasteiger partial charge in [-0.25, -0.2) is 4.79 Å². The molecule has 0 saturated carbocycles. The van der Waals surface area contributed by atoms with Crippen molar-refractivity contribution in [2.24, 2.45) is 0 Å². The summed E-state index contributed by atoms with van der Waals surface area (Å²) in [5.74, 6) is -0.121. The quantitative estimate of drug-likeness (QED) is 0.767. The number of benzene rings is 1. The van der Waals surface area contributed by atoms with E-state index in [-0.39, 0.29) is 5.97 Å². The highest BCUT2D eigenvalue weighted by atomic mass is 28.4. The minimum atomic E-state index is -1.99. The van der Waals surface area contributed by atoms with Crippen LogP contribution in [0.1, 0.15) is 31.7 Å². The largest absolute Gasteiger partial charge is 0.512 e. The summed E-state index contributed by atoms with van der Waals surface area (Å²) in [6, 6.07) is 9.91. The lowest BCUT2D eigenvalue weighted by Crippen LogP contribution is -2.29. The Morgan fingerprint density at radius 1 is 1.17 bits per heavy atom. The Morgan fingerprint density at radius 2 is 1.83 bits per heavy atom. The maximum absolute atomic E-state index is 12.1. The molecule has 2 rings (SSSR count). The van der Waals surface area contributed by atoms with Gasteiger partial charge in [-0.15, -0.1) is 0 Å². The molecule has 0 aliphatic carbocycles. The molecule has 1 aliphatic heterocycles. The van der Waals surface area contributed by atoms with Crippen LogP contribution in [-0.2, 0) is 9.22 Å². The van der Waals surface area contributed by atoms with E-state index in [2.05, 4.69) is 20.0 Å². The van der Waals surface area contributed by atoms with Crippen molar-refractivity contribution < 1.29 is 9.22 Å².